The van der Waals surface area contributed by atoms with Gasteiger partial charge in [0.25, 0.3) is 0 Å². The molecule has 36 heavy (non-hydrogen) atoms. The van der Waals surface area contributed by atoms with Gasteiger partial charge in [0.15, 0.2) is 0 Å². The van der Waals surface area contributed by atoms with Crippen molar-refractivity contribution in [2.45, 2.75) is 59.0 Å². The number of hydrogen-bond donors (Lipinski definition) is 1. The number of nitriles is 2. The van der Waals surface area contributed by atoms with Gasteiger partial charge in [-0.05, 0) is 78.0 Å². The summed E-state index contributed by atoms with van der Waals surface area (Å²) in [4.78, 5) is 0. The fraction of sp³-hybridized carbons (Fsp3) is 0.467. The van der Waals surface area contributed by atoms with Crippen LogP contribution in [0.4, 0.5) is 0 Å². The van der Waals surface area contributed by atoms with E-state index in [4.69, 9.17) is 24.7 Å². The van der Waals surface area contributed by atoms with Crippen molar-refractivity contribution in [3.05, 3.63) is 58.7 Å². The fourth-order valence-electron chi connectivity index (χ4n) is 4.88. The van der Waals surface area contributed by atoms with E-state index in [1.54, 1.807) is 18.2 Å². The van der Waals surface area contributed by atoms with E-state index in [-0.39, 0.29) is 24.2 Å². The molecule has 1 N–H and O–H groups in total. The van der Waals surface area contributed by atoms with Crippen molar-refractivity contribution >= 4 is 6.08 Å². The van der Waals surface area contributed by atoms with Crippen molar-refractivity contribution in [3.63, 3.8) is 0 Å². The van der Waals surface area contributed by atoms with Crippen LogP contribution < -0.4 is 14.2 Å². The van der Waals surface area contributed by atoms with Gasteiger partial charge in [-0.3, -0.25) is 0 Å². The Bertz CT molecular complexity index is 1150. The second-order valence-corrected chi connectivity index (χ2v) is 10.7. The number of ether oxygens (including phenoxy) is 3. The molecule has 2 bridgehead atoms. The molecule has 2 atom stereocenters. The van der Waals surface area contributed by atoms with Crippen molar-refractivity contribution in [2.75, 3.05) is 20.3 Å². The zero-order valence-electron chi connectivity index (χ0n) is 21.9. The van der Waals surface area contributed by atoms with Gasteiger partial charge in [-0.25, -0.2) is 0 Å². The summed E-state index contributed by atoms with van der Waals surface area (Å²) < 4.78 is 17.1. The maximum atomic E-state index is 10.5. The molecule has 0 saturated heterocycles. The highest BCUT2D eigenvalue weighted by Crippen LogP contribution is 2.42. The number of benzene rings is 2. The lowest BCUT2D eigenvalue weighted by Gasteiger charge is -2.28. The van der Waals surface area contributed by atoms with Crippen LogP contribution in [-0.4, -0.2) is 31.5 Å². The molecule has 0 amide bonds. The lowest BCUT2D eigenvalue weighted by atomic mass is 9.77. The van der Waals surface area contributed by atoms with E-state index >= 15 is 0 Å². The minimum absolute atomic E-state index is 0.0174. The maximum absolute atomic E-state index is 10.5. The van der Waals surface area contributed by atoms with Gasteiger partial charge in [0.05, 0.1) is 7.11 Å². The average molecular weight is 489 g/mol. The van der Waals surface area contributed by atoms with Gasteiger partial charge >= 0.3 is 0 Å². The molecule has 2 unspecified atom stereocenters. The Labute approximate surface area is 214 Å². The van der Waals surface area contributed by atoms with E-state index in [9.17, 15) is 5.11 Å². The van der Waals surface area contributed by atoms with E-state index in [0.717, 1.165) is 25.0 Å². The second kappa shape index (κ2) is 12.0. The lowest BCUT2D eigenvalue weighted by Crippen LogP contribution is -2.25. The number of rotatable bonds is 10. The zero-order valence-corrected chi connectivity index (χ0v) is 21.9. The number of methoxy groups -OCH3 is 1. The smallest absolute Gasteiger partial charge is 0.130 e. The van der Waals surface area contributed by atoms with Crippen LogP contribution in [0.1, 0.15) is 63.1 Å². The summed E-state index contributed by atoms with van der Waals surface area (Å²) in [7, 11) is 1.50. The SMILES string of the molecule is COc1cc(OCC(O)COc2cc3cc(c2)C(CC(C)C)CC(C)(C)C3)ccc1C=C(C#N)C#N. The van der Waals surface area contributed by atoms with Crippen molar-refractivity contribution in [3.8, 4) is 29.4 Å². The average Bonchev–Trinajstić information content (AvgIpc) is 2.91. The summed E-state index contributed by atoms with van der Waals surface area (Å²) >= 11 is 0. The summed E-state index contributed by atoms with van der Waals surface area (Å²) in [5.74, 6) is 2.89. The predicted molar refractivity (Wildman–Crippen MR) is 140 cm³/mol. The fourth-order valence-corrected chi connectivity index (χ4v) is 4.88. The number of aliphatic hydroxyl groups is 1. The van der Waals surface area contributed by atoms with Gasteiger partial charge in [0.2, 0.25) is 0 Å². The normalized spacial score (nSPS) is 16.8. The molecule has 0 aliphatic heterocycles. The van der Waals surface area contributed by atoms with Crippen LogP contribution in [-0.2, 0) is 6.42 Å². The Morgan fingerprint density at radius 1 is 1.08 bits per heavy atom. The number of aliphatic hydroxyl groups excluding tert-OH is 1. The van der Waals surface area contributed by atoms with E-state index in [0.29, 0.717) is 28.9 Å². The summed E-state index contributed by atoms with van der Waals surface area (Å²) in [6.07, 6.45) is 3.95. The number of hydrogen-bond acceptors (Lipinski definition) is 6. The molecular weight excluding hydrogens is 452 g/mol. The quantitative estimate of drug-likeness (QED) is 0.409. The van der Waals surface area contributed by atoms with E-state index in [1.807, 2.05) is 12.1 Å². The van der Waals surface area contributed by atoms with Gasteiger partial charge in [0, 0.05) is 11.6 Å². The lowest BCUT2D eigenvalue weighted by molar-refractivity contribution is 0.0625. The monoisotopic (exact) mass is 488 g/mol. The minimum Gasteiger partial charge on any atom is -0.496 e. The van der Waals surface area contributed by atoms with Crippen LogP contribution in [0.3, 0.4) is 0 Å². The second-order valence-electron chi connectivity index (χ2n) is 10.7. The highest BCUT2D eigenvalue weighted by molar-refractivity contribution is 5.67. The van der Waals surface area contributed by atoms with Gasteiger partial charge < -0.3 is 19.3 Å². The first kappa shape index (κ1) is 27.1. The molecule has 0 fully saturated rings. The highest BCUT2D eigenvalue weighted by atomic mass is 16.5. The predicted octanol–water partition coefficient (Wildman–Crippen LogP) is 6.05. The molecule has 2 aromatic carbocycles. The number of nitrogens with zero attached hydrogens (tertiary/aromatic N) is 2. The zero-order chi connectivity index (χ0) is 26.3. The van der Waals surface area contributed by atoms with Gasteiger partial charge in [-0.2, -0.15) is 10.5 Å². The van der Waals surface area contributed by atoms with Crippen molar-refractivity contribution in [2.24, 2.45) is 11.3 Å². The molecule has 190 valence electrons. The minimum atomic E-state index is -0.820. The molecular formula is C30H36N2O4. The first-order valence-electron chi connectivity index (χ1n) is 12.4. The highest BCUT2D eigenvalue weighted by Gasteiger charge is 2.29. The molecule has 0 saturated carbocycles. The van der Waals surface area contributed by atoms with Gasteiger partial charge in [-0.1, -0.05) is 33.8 Å². The van der Waals surface area contributed by atoms with Gasteiger partial charge in [0.1, 0.15) is 54.3 Å². The maximum Gasteiger partial charge on any atom is 0.130 e. The topological polar surface area (TPSA) is 95.5 Å². The van der Waals surface area contributed by atoms with Crippen LogP contribution in [0, 0.1) is 34.0 Å². The van der Waals surface area contributed by atoms with E-state index < -0.39 is 6.10 Å². The molecule has 1 aliphatic rings. The Kier molecular flexibility index (Phi) is 9.02. The van der Waals surface area contributed by atoms with Crippen LogP contribution in [0.15, 0.2) is 42.0 Å². The Morgan fingerprint density at radius 2 is 1.78 bits per heavy atom. The first-order chi connectivity index (χ1) is 17.1. The summed E-state index contributed by atoms with van der Waals surface area (Å²) in [5, 5.41) is 28.4. The Balaban J connectivity index is 1.62. The first-order valence-corrected chi connectivity index (χ1v) is 12.4. The van der Waals surface area contributed by atoms with Crippen molar-refractivity contribution in [1.82, 2.24) is 0 Å². The van der Waals surface area contributed by atoms with Crippen molar-refractivity contribution in [1.29, 1.82) is 10.5 Å². The molecule has 6 heteroatoms. The standard InChI is InChI=1S/C30H36N2O4/c1-20(2)8-25-15-30(3,4)14-21-9-24(25)12-28(11-21)36-19-26(33)18-35-27-7-6-23(29(13-27)34-5)10-22(16-31)17-32/h6-7,9-13,20,25-26,33H,8,14-15,18-19H2,1-5H3. The largest absolute Gasteiger partial charge is 0.496 e. The molecule has 2 aromatic rings. The molecule has 1 aliphatic carbocycles. The van der Waals surface area contributed by atoms with E-state index in [2.05, 4.69) is 45.9 Å². The Hall–Kier alpha value is -3.48. The molecule has 0 heterocycles. The number of allylic oxidation sites excluding steroid dienone is 1. The van der Waals surface area contributed by atoms with Crippen LogP contribution in [0.25, 0.3) is 6.08 Å². The van der Waals surface area contributed by atoms with Gasteiger partial charge in [-0.15, -0.1) is 0 Å². The van der Waals surface area contributed by atoms with E-state index in [1.165, 1.54) is 24.3 Å². The molecule has 0 aromatic heterocycles. The Morgan fingerprint density at radius 3 is 2.42 bits per heavy atom. The summed E-state index contributed by atoms with van der Waals surface area (Å²) in [5.41, 5.74) is 3.42. The van der Waals surface area contributed by atoms with Crippen LogP contribution in [0.5, 0.6) is 17.2 Å². The molecule has 0 spiro atoms. The third-order valence-corrected chi connectivity index (χ3v) is 6.33. The van der Waals surface area contributed by atoms with Crippen LogP contribution >= 0.6 is 0 Å². The van der Waals surface area contributed by atoms with Crippen LogP contribution in [0.2, 0.25) is 0 Å². The summed E-state index contributed by atoms with van der Waals surface area (Å²) in [6, 6.07) is 15.3. The summed E-state index contributed by atoms with van der Waals surface area (Å²) in [6.45, 7) is 9.38. The molecule has 3 rings (SSSR count). The van der Waals surface area contributed by atoms with Crippen molar-refractivity contribution < 1.29 is 19.3 Å². The molecule has 6 nitrogen and oxygen atoms in total. The third kappa shape index (κ3) is 7.51. The molecule has 0 radical (unpaired) electrons. The number of fused-ring (bicyclic) bond motifs is 2. The third-order valence-electron chi connectivity index (χ3n) is 6.33.